The van der Waals surface area contributed by atoms with Crippen LogP contribution in [0.2, 0.25) is 0 Å². The molecule has 0 atom stereocenters. The first kappa shape index (κ1) is 25.2. The maximum atomic E-state index is 10.3. The molecule has 0 N–H and O–H groups in total. The van der Waals surface area contributed by atoms with Gasteiger partial charge in [0.1, 0.15) is 0 Å². The van der Waals surface area contributed by atoms with Crippen molar-refractivity contribution in [1.29, 1.82) is 0 Å². The molecule has 9 heteroatoms. The molecule has 0 heterocycles. The molecule has 0 amide bonds. The van der Waals surface area contributed by atoms with Gasteiger partial charge < -0.3 is 0 Å². The fourth-order valence-corrected chi connectivity index (χ4v) is 4.46. The molecular weight excluding hydrogens is 474 g/mol. The second-order valence-corrected chi connectivity index (χ2v) is 8.55. The van der Waals surface area contributed by atoms with Crippen molar-refractivity contribution in [3.05, 3.63) is 138 Å². The zero-order valence-corrected chi connectivity index (χ0v) is 19.8. The Bertz CT molecular complexity index is 1440. The van der Waals surface area contributed by atoms with E-state index in [9.17, 15) is 30.3 Å². The Morgan fingerprint density at radius 1 is 0.649 bits per heavy atom. The normalized spacial score (nSPS) is 12.1. The number of hydrogen-bond acceptors (Lipinski definition) is 6. The molecule has 0 aromatic heterocycles. The number of benzene rings is 4. The molecule has 0 radical (unpaired) electrons. The molecule has 186 valence electrons. The highest BCUT2D eigenvalue weighted by Gasteiger charge is 2.21. The molecule has 4 aromatic rings. The van der Waals surface area contributed by atoms with Gasteiger partial charge >= 0.3 is 0 Å². The maximum absolute atomic E-state index is 10.3. The van der Waals surface area contributed by atoms with Gasteiger partial charge in [0.05, 0.1) is 33.0 Å². The van der Waals surface area contributed by atoms with E-state index in [1.54, 1.807) is 5.56 Å². The number of allylic oxidation sites excluding steroid dienone is 2. The van der Waals surface area contributed by atoms with E-state index in [0.717, 1.165) is 12.8 Å². The van der Waals surface area contributed by atoms with Crippen LogP contribution in [-0.2, 0) is 12.8 Å². The highest BCUT2D eigenvalue weighted by atomic mass is 16.6. The summed E-state index contributed by atoms with van der Waals surface area (Å²) in [7, 11) is 0. The van der Waals surface area contributed by atoms with E-state index in [0.29, 0.717) is 18.2 Å². The first-order chi connectivity index (χ1) is 17.8. The SMILES string of the molecule is C1=C(CCc2ccccc2)c2ccc3ccccc3c2CC1.O=[N+]([O-])c1cc([N+](=O)[O-])cc([N+](=O)[O-])c1. The van der Waals surface area contributed by atoms with Crippen LogP contribution in [0.5, 0.6) is 0 Å². The average Bonchev–Trinajstić information content (AvgIpc) is 2.92. The van der Waals surface area contributed by atoms with Crippen molar-refractivity contribution in [1.82, 2.24) is 0 Å². The average molecular weight is 498 g/mol. The molecule has 0 aliphatic heterocycles. The largest absolute Gasteiger partial charge is 0.283 e. The third kappa shape index (κ3) is 6.02. The third-order valence-corrected chi connectivity index (χ3v) is 6.22. The monoisotopic (exact) mass is 497 g/mol. The first-order valence-electron chi connectivity index (χ1n) is 11.7. The van der Waals surface area contributed by atoms with E-state index in [4.69, 9.17) is 0 Å². The molecule has 0 fully saturated rings. The summed E-state index contributed by atoms with van der Waals surface area (Å²) in [5.41, 5.74) is 3.92. The lowest BCUT2D eigenvalue weighted by Crippen LogP contribution is -2.02. The Morgan fingerprint density at radius 2 is 1.22 bits per heavy atom. The number of nitro benzene ring substituents is 3. The molecule has 4 aromatic carbocycles. The third-order valence-electron chi connectivity index (χ3n) is 6.22. The Kier molecular flexibility index (Phi) is 7.63. The molecule has 0 saturated carbocycles. The Labute approximate surface area is 212 Å². The van der Waals surface area contributed by atoms with Crippen LogP contribution in [0.3, 0.4) is 0 Å². The quantitative estimate of drug-likeness (QED) is 0.204. The van der Waals surface area contributed by atoms with Crippen LogP contribution in [0, 0.1) is 30.3 Å². The molecule has 0 unspecified atom stereocenters. The number of aryl methyl sites for hydroxylation is 2. The summed E-state index contributed by atoms with van der Waals surface area (Å²) >= 11 is 0. The van der Waals surface area contributed by atoms with Gasteiger partial charge in [0.15, 0.2) is 0 Å². The van der Waals surface area contributed by atoms with E-state index in [1.165, 1.54) is 40.3 Å². The van der Waals surface area contributed by atoms with Gasteiger partial charge in [-0.1, -0.05) is 72.8 Å². The van der Waals surface area contributed by atoms with Gasteiger partial charge in [-0.2, -0.15) is 0 Å². The highest BCUT2D eigenvalue weighted by Crippen LogP contribution is 2.34. The summed E-state index contributed by atoms with van der Waals surface area (Å²) in [6.07, 6.45) is 7.05. The van der Waals surface area contributed by atoms with Gasteiger partial charge in [0.25, 0.3) is 17.1 Å². The van der Waals surface area contributed by atoms with Crippen LogP contribution in [-0.4, -0.2) is 14.8 Å². The molecular formula is C28H23N3O6. The van der Waals surface area contributed by atoms with Crippen molar-refractivity contribution < 1.29 is 14.8 Å². The van der Waals surface area contributed by atoms with Crippen molar-refractivity contribution in [3.63, 3.8) is 0 Å². The number of fused-ring (bicyclic) bond motifs is 3. The Hall–Kier alpha value is -4.92. The smallest absolute Gasteiger partial charge is 0.258 e. The summed E-state index contributed by atoms with van der Waals surface area (Å²) in [4.78, 5) is 28.1. The second kappa shape index (κ2) is 11.2. The van der Waals surface area contributed by atoms with Gasteiger partial charge in [-0.25, -0.2) is 0 Å². The zero-order valence-electron chi connectivity index (χ0n) is 19.8. The lowest BCUT2D eigenvalue weighted by atomic mass is 9.85. The van der Waals surface area contributed by atoms with Crippen molar-refractivity contribution >= 4 is 33.4 Å². The fourth-order valence-electron chi connectivity index (χ4n) is 4.46. The predicted molar refractivity (Wildman–Crippen MR) is 141 cm³/mol. The predicted octanol–water partition coefficient (Wildman–Crippen LogP) is 7.21. The molecule has 1 aliphatic rings. The van der Waals surface area contributed by atoms with Gasteiger partial charge in [-0.05, 0) is 58.7 Å². The molecule has 1 aliphatic carbocycles. The number of nitrogens with zero attached hydrogens (tertiary/aromatic N) is 3. The summed E-state index contributed by atoms with van der Waals surface area (Å²) in [6.45, 7) is 0. The van der Waals surface area contributed by atoms with Crippen LogP contribution >= 0.6 is 0 Å². The number of hydrogen-bond donors (Lipinski definition) is 0. The minimum Gasteiger partial charge on any atom is -0.258 e. The summed E-state index contributed by atoms with van der Waals surface area (Å²) in [6, 6.07) is 26.2. The lowest BCUT2D eigenvalue weighted by Gasteiger charge is -2.20. The van der Waals surface area contributed by atoms with Crippen LogP contribution in [0.15, 0.2) is 91.0 Å². The van der Waals surface area contributed by atoms with Crippen molar-refractivity contribution in [2.45, 2.75) is 25.7 Å². The van der Waals surface area contributed by atoms with E-state index >= 15 is 0 Å². The van der Waals surface area contributed by atoms with Gasteiger partial charge in [-0.3, -0.25) is 30.3 Å². The molecule has 5 rings (SSSR count). The van der Waals surface area contributed by atoms with Crippen LogP contribution in [0.4, 0.5) is 17.1 Å². The van der Waals surface area contributed by atoms with E-state index in [2.05, 4.69) is 72.8 Å². The fraction of sp³-hybridized carbons (Fsp3) is 0.143. The van der Waals surface area contributed by atoms with Gasteiger partial charge in [-0.15, -0.1) is 0 Å². The Morgan fingerprint density at radius 3 is 1.81 bits per heavy atom. The maximum Gasteiger partial charge on any atom is 0.283 e. The second-order valence-electron chi connectivity index (χ2n) is 8.55. The summed E-state index contributed by atoms with van der Waals surface area (Å²) in [5, 5.41) is 33.7. The highest BCUT2D eigenvalue weighted by molar-refractivity contribution is 5.91. The van der Waals surface area contributed by atoms with Crippen molar-refractivity contribution in [2.75, 3.05) is 0 Å². The van der Waals surface area contributed by atoms with Gasteiger partial charge in [0, 0.05) is 0 Å². The van der Waals surface area contributed by atoms with E-state index in [1.807, 2.05) is 0 Å². The van der Waals surface area contributed by atoms with Crippen molar-refractivity contribution in [2.24, 2.45) is 0 Å². The molecule has 0 saturated heterocycles. The number of nitro groups is 3. The standard InChI is InChI=1S/C22H20.C6H3N3O6/c1-2-7-17(8-3-1)13-14-19-10-6-12-22-20-11-5-4-9-18(20)15-16-21(19)22;10-7(11)4-1-5(8(12)13)3-6(2-4)9(14)15/h1-5,7-11,15-16H,6,12-14H2;1-3H. The van der Waals surface area contributed by atoms with Crippen LogP contribution < -0.4 is 0 Å². The zero-order chi connectivity index (χ0) is 26.4. The van der Waals surface area contributed by atoms with Crippen LogP contribution in [0.25, 0.3) is 16.3 Å². The summed E-state index contributed by atoms with van der Waals surface area (Å²) < 4.78 is 0. The van der Waals surface area contributed by atoms with Crippen LogP contribution in [0.1, 0.15) is 29.5 Å². The van der Waals surface area contributed by atoms with Gasteiger partial charge in [0.2, 0.25) is 0 Å². The minimum absolute atomic E-state index is 0.660. The minimum atomic E-state index is -0.931. The topological polar surface area (TPSA) is 129 Å². The van der Waals surface area contributed by atoms with E-state index < -0.39 is 31.8 Å². The molecule has 0 spiro atoms. The van der Waals surface area contributed by atoms with Crippen molar-refractivity contribution in [3.8, 4) is 0 Å². The Balaban J connectivity index is 0.000000188. The van der Waals surface area contributed by atoms with E-state index in [-0.39, 0.29) is 0 Å². The summed E-state index contributed by atoms with van der Waals surface area (Å²) in [5.74, 6) is 0. The molecule has 0 bridgehead atoms. The molecule has 9 nitrogen and oxygen atoms in total. The molecule has 37 heavy (non-hydrogen) atoms. The number of non-ortho nitro benzene ring substituents is 3. The first-order valence-corrected chi connectivity index (χ1v) is 11.7. The number of rotatable bonds is 6. The lowest BCUT2D eigenvalue weighted by molar-refractivity contribution is -0.403.